The van der Waals surface area contributed by atoms with Gasteiger partial charge in [0, 0.05) is 42.8 Å². The number of urea groups is 1. The molecule has 15 nitrogen and oxygen atoms in total. The van der Waals surface area contributed by atoms with Crippen molar-refractivity contribution in [3.05, 3.63) is 10.4 Å². The van der Waals surface area contributed by atoms with Gasteiger partial charge in [-0.05, 0) is 37.6 Å². The van der Waals surface area contributed by atoms with Crippen molar-refractivity contribution in [3.63, 3.8) is 0 Å². The number of hydrogen-bond donors (Lipinski definition) is 5. The molecule has 0 saturated heterocycles. The van der Waals surface area contributed by atoms with Crippen molar-refractivity contribution >= 4 is 23.9 Å². The number of hydrogen-bond acceptors (Lipinski definition) is 8. The van der Waals surface area contributed by atoms with Crippen LogP contribution in [0.4, 0.5) is 4.79 Å². The number of amides is 2. The first-order valence-electron chi connectivity index (χ1n) is 11.7. The number of carboxylic acids is 3. The summed E-state index contributed by atoms with van der Waals surface area (Å²) in [5, 5.41) is 35.7. The van der Waals surface area contributed by atoms with Gasteiger partial charge in [-0.1, -0.05) is 5.11 Å². The summed E-state index contributed by atoms with van der Waals surface area (Å²) in [5.41, 5.74) is 7.07. The van der Waals surface area contributed by atoms with Crippen molar-refractivity contribution in [3.8, 4) is 0 Å². The van der Waals surface area contributed by atoms with Crippen LogP contribution in [0.5, 0.6) is 0 Å². The SMILES string of the molecule is [N-]=[N+]=NCCOCCOCCOCCNC(=O)NC(CCCC(=O)O)(CCCC(=O)O)CCC(=O)O. The molecule has 0 fully saturated rings. The number of ether oxygens (including phenoxy) is 3. The van der Waals surface area contributed by atoms with Gasteiger partial charge in [0.1, 0.15) is 0 Å². The molecule has 0 radical (unpaired) electrons. The van der Waals surface area contributed by atoms with Crippen LogP contribution < -0.4 is 10.6 Å². The number of aliphatic carboxylic acids is 3. The second kappa shape index (κ2) is 21.2. The fraction of sp³-hybridized carbons (Fsp3) is 0.810. The lowest BCUT2D eigenvalue weighted by atomic mass is 9.82. The minimum absolute atomic E-state index is 0.0398. The molecule has 0 rings (SSSR count). The molecule has 0 bridgehead atoms. The van der Waals surface area contributed by atoms with E-state index in [2.05, 4.69) is 20.7 Å². The number of azide groups is 1. The molecule has 0 spiro atoms. The molecule has 0 aliphatic carbocycles. The number of rotatable bonds is 24. The molecule has 0 aromatic heterocycles. The Kier molecular flexibility index (Phi) is 19.3. The highest BCUT2D eigenvalue weighted by Gasteiger charge is 2.32. The highest BCUT2D eigenvalue weighted by Crippen LogP contribution is 2.27. The Bertz CT molecular complexity index is 695. The van der Waals surface area contributed by atoms with Crippen molar-refractivity contribution < 1.29 is 48.7 Å². The maximum atomic E-state index is 12.5. The Morgan fingerprint density at radius 3 is 1.75 bits per heavy atom. The molecule has 0 saturated carbocycles. The summed E-state index contributed by atoms with van der Waals surface area (Å²) in [6.45, 7) is 2.23. The molecule has 2 amide bonds. The molecule has 0 aromatic rings. The van der Waals surface area contributed by atoms with Crippen molar-refractivity contribution in [1.82, 2.24) is 10.6 Å². The highest BCUT2D eigenvalue weighted by atomic mass is 16.5. The van der Waals surface area contributed by atoms with E-state index in [1.54, 1.807) is 0 Å². The first-order chi connectivity index (χ1) is 17.2. The number of nitrogens with zero attached hydrogens (tertiary/aromatic N) is 3. The molecule has 15 heteroatoms. The first-order valence-corrected chi connectivity index (χ1v) is 11.7. The normalized spacial score (nSPS) is 10.9. The fourth-order valence-electron chi connectivity index (χ4n) is 3.28. The minimum Gasteiger partial charge on any atom is -0.481 e. The van der Waals surface area contributed by atoms with E-state index in [0.717, 1.165) is 0 Å². The lowest BCUT2D eigenvalue weighted by Crippen LogP contribution is -2.53. The summed E-state index contributed by atoms with van der Waals surface area (Å²) in [6.07, 6.45) is 0.254. The van der Waals surface area contributed by atoms with Gasteiger partial charge in [-0.25, -0.2) is 4.79 Å². The van der Waals surface area contributed by atoms with Crippen molar-refractivity contribution in [2.24, 2.45) is 5.11 Å². The van der Waals surface area contributed by atoms with Crippen LogP contribution in [-0.2, 0) is 28.6 Å². The summed E-state index contributed by atoms with van der Waals surface area (Å²) in [4.78, 5) is 48.0. The Balaban J connectivity index is 4.45. The Morgan fingerprint density at radius 2 is 1.25 bits per heavy atom. The zero-order chi connectivity index (χ0) is 27.1. The quantitative estimate of drug-likeness (QED) is 0.0536. The van der Waals surface area contributed by atoms with Gasteiger partial charge in [0.2, 0.25) is 0 Å². The number of carbonyl (C=O) groups excluding carboxylic acids is 1. The van der Waals surface area contributed by atoms with E-state index in [-0.39, 0.29) is 77.7 Å². The van der Waals surface area contributed by atoms with E-state index < -0.39 is 29.5 Å². The number of nitrogens with one attached hydrogen (secondary N) is 2. The fourth-order valence-corrected chi connectivity index (χ4v) is 3.28. The molecule has 206 valence electrons. The maximum Gasteiger partial charge on any atom is 0.315 e. The Labute approximate surface area is 209 Å². The molecule has 0 aliphatic heterocycles. The van der Waals surface area contributed by atoms with E-state index in [0.29, 0.717) is 26.4 Å². The largest absolute Gasteiger partial charge is 0.481 e. The zero-order valence-corrected chi connectivity index (χ0v) is 20.4. The predicted octanol–water partition coefficient (Wildman–Crippen LogP) is 1.76. The summed E-state index contributed by atoms with van der Waals surface area (Å²) < 4.78 is 15.8. The smallest absolute Gasteiger partial charge is 0.315 e. The highest BCUT2D eigenvalue weighted by molar-refractivity contribution is 5.75. The molecule has 0 heterocycles. The molecular formula is C21H37N5O10. The minimum atomic E-state index is -1.08. The molecule has 0 aliphatic rings. The average Bonchev–Trinajstić information content (AvgIpc) is 2.80. The second-order valence-corrected chi connectivity index (χ2v) is 7.84. The molecular weight excluding hydrogens is 482 g/mol. The third-order valence-corrected chi connectivity index (χ3v) is 4.96. The standard InChI is InChI=1S/C21H37N5O10/c22-26-24-10-12-35-14-16-36-15-13-34-11-9-23-20(33)25-21(8-5-19(31)32,6-1-3-17(27)28)7-2-4-18(29)30/h1-16H2,(H,27,28)(H,29,30)(H,31,32)(H2,23,25,33). The third-order valence-electron chi connectivity index (χ3n) is 4.96. The van der Waals surface area contributed by atoms with E-state index in [9.17, 15) is 19.2 Å². The van der Waals surface area contributed by atoms with E-state index >= 15 is 0 Å². The van der Waals surface area contributed by atoms with Crippen LogP contribution in [0.1, 0.15) is 51.4 Å². The molecule has 0 aromatic carbocycles. The maximum absolute atomic E-state index is 12.5. The monoisotopic (exact) mass is 519 g/mol. The van der Waals surface area contributed by atoms with Crippen LogP contribution in [-0.4, -0.2) is 97.5 Å². The first kappa shape index (κ1) is 32.9. The van der Waals surface area contributed by atoms with Gasteiger partial charge < -0.3 is 40.2 Å². The van der Waals surface area contributed by atoms with Crippen LogP contribution in [0.25, 0.3) is 10.4 Å². The lowest BCUT2D eigenvalue weighted by Gasteiger charge is -2.35. The molecule has 5 N–H and O–H groups in total. The zero-order valence-electron chi connectivity index (χ0n) is 20.4. The summed E-state index contributed by atoms with van der Waals surface area (Å²) in [6, 6.07) is -0.580. The van der Waals surface area contributed by atoms with Gasteiger partial charge in [0.25, 0.3) is 0 Å². The molecule has 0 atom stereocenters. The van der Waals surface area contributed by atoms with E-state index in [4.69, 9.17) is 35.1 Å². The van der Waals surface area contributed by atoms with Crippen LogP contribution in [0.15, 0.2) is 5.11 Å². The average molecular weight is 520 g/mol. The van der Waals surface area contributed by atoms with Crippen LogP contribution in [0.3, 0.4) is 0 Å². The third kappa shape index (κ3) is 20.3. The van der Waals surface area contributed by atoms with Gasteiger partial charge >= 0.3 is 23.9 Å². The predicted molar refractivity (Wildman–Crippen MR) is 126 cm³/mol. The topological polar surface area (TPSA) is 229 Å². The van der Waals surface area contributed by atoms with Gasteiger partial charge in [0.15, 0.2) is 0 Å². The molecule has 0 unspecified atom stereocenters. The van der Waals surface area contributed by atoms with E-state index in [1.165, 1.54) is 0 Å². The summed E-state index contributed by atoms with van der Waals surface area (Å²) >= 11 is 0. The summed E-state index contributed by atoms with van der Waals surface area (Å²) in [5.74, 6) is -3.11. The second-order valence-electron chi connectivity index (χ2n) is 7.84. The van der Waals surface area contributed by atoms with Crippen molar-refractivity contribution in [2.45, 2.75) is 56.9 Å². The number of carbonyl (C=O) groups is 4. The van der Waals surface area contributed by atoms with Crippen molar-refractivity contribution in [2.75, 3.05) is 52.7 Å². The van der Waals surface area contributed by atoms with Gasteiger partial charge in [-0.2, -0.15) is 0 Å². The summed E-state index contributed by atoms with van der Waals surface area (Å²) in [7, 11) is 0. The Morgan fingerprint density at radius 1 is 0.750 bits per heavy atom. The van der Waals surface area contributed by atoms with Crippen LogP contribution >= 0.6 is 0 Å². The van der Waals surface area contributed by atoms with Gasteiger partial charge in [-0.3, -0.25) is 14.4 Å². The lowest BCUT2D eigenvalue weighted by molar-refractivity contribution is -0.139. The Hall–Kier alpha value is -3.13. The van der Waals surface area contributed by atoms with Crippen LogP contribution in [0, 0.1) is 0 Å². The molecule has 36 heavy (non-hydrogen) atoms. The van der Waals surface area contributed by atoms with E-state index in [1.807, 2.05) is 0 Å². The van der Waals surface area contributed by atoms with Gasteiger partial charge in [-0.15, -0.1) is 0 Å². The van der Waals surface area contributed by atoms with Gasteiger partial charge in [0.05, 0.1) is 39.6 Å². The number of carboxylic acid groups (broad SMARTS) is 3. The van der Waals surface area contributed by atoms with Crippen molar-refractivity contribution in [1.29, 1.82) is 0 Å². The van der Waals surface area contributed by atoms with Crippen LogP contribution in [0.2, 0.25) is 0 Å².